The maximum atomic E-state index is 13.7. The Morgan fingerprint density at radius 3 is 2.48 bits per heavy atom. The minimum atomic E-state index is -3.54. The molecule has 8 heteroatoms. The first-order chi connectivity index (χ1) is 9.61. The van der Waals surface area contributed by atoms with Crippen LogP contribution in [0, 0.1) is 5.82 Å². The van der Waals surface area contributed by atoms with E-state index in [1.807, 2.05) is 0 Å². The summed E-state index contributed by atoms with van der Waals surface area (Å²) in [5.41, 5.74) is 0.118. The van der Waals surface area contributed by atoms with Gasteiger partial charge in [-0.3, -0.25) is 4.79 Å². The summed E-state index contributed by atoms with van der Waals surface area (Å²) in [6.45, 7) is 1.23. The molecule has 6 nitrogen and oxygen atoms in total. The van der Waals surface area contributed by atoms with Crippen LogP contribution >= 0.6 is 0 Å². The van der Waals surface area contributed by atoms with Crippen LogP contribution in [0.15, 0.2) is 24.3 Å². The number of carboxylic acid groups (broad SMARTS) is 1. The van der Waals surface area contributed by atoms with Gasteiger partial charge in [0.25, 0.3) is 0 Å². The third-order valence-electron chi connectivity index (χ3n) is 2.68. The molecule has 0 fully saturated rings. The number of hydrogen-bond acceptors (Lipinski definition) is 4. The molecule has 1 aromatic carbocycles. The molecule has 0 aliphatic heterocycles. The second-order valence-corrected chi connectivity index (χ2v) is 6.74. The highest BCUT2D eigenvalue weighted by atomic mass is 32.2. The van der Waals surface area contributed by atoms with Crippen LogP contribution in [0.1, 0.15) is 12.5 Å². The van der Waals surface area contributed by atoms with Gasteiger partial charge in [0.05, 0.1) is 0 Å². The Morgan fingerprint density at radius 1 is 1.38 bits per heavy atom. The van der Waals surface area contributed by atoms with E-state index in [0.29, 0.717) is 0 Å². The Kier molecular flexibility index (Phi) is 5.20. The summed E-state index contributed by atoms with van der Waals surface area (Å²) in [6.07, 6.45) is 2.78. The van der Waals surface area contributed by atoms with Gasteiger partial charge in [0, 0.05) is 23.6 Å². The Labute approximate surface area is 121 Å². The van der Waals surface area contributed by atoms with Crippen molar-refractivity contribution in [1.29, 1.82) is 0 Å². The molecule has 1 amide bonds. The van der Waals surface area contributed by atoms with Crippen LogP contribution < -0.4 is 5.32 Å². The Hall–Kier alpha value is -2.22. The molecule has 0 heterocycles. The van der Waals surface area contributed by atoms with Gasteiger partial charge in [-0.1, -0.05) is 0 Å². The van der Waals surface area contributed by atoms with Gasteiger partial charge in [-0.05, 0) is 31.2 Å². The zero-order valence-electron chi connectivity index (χ0n) is 11.3. The molecule has 1 atom stereocenters. The Morgan fingerprint density at radius 2 is 2.00 bits per heavy atom. The first-order valence-corrected chi connectivity index (χ1v) is 7.77. The van der Waals surface area contributed by atoms with Gasteiger partial charge in [0.15, 0.2) is 9.84 Å². The van der Waals surface area contributed by atoms with E-state index in [9.17, 15) is 22.4 Å². The van der Waals surface area contributed by atoms with E-state index < -0.39 is 32.8 Å². The minimum absolute atomic E-state index is 0.0339. The molecule has 2 N–H and O–H groups in total. The molecule has 0 bridgehead atoms. The van der Waals surface area contributed by atoms with Crippen LogP contribution in [0.4, 0.5) is 10.1 Å². The summed E-state index contributed by atoms with van der Waals surface area (Å²) < 4.78 is 36.1. The van der Waals surface area contributed by atoms with Crippen LogP contribution in [-0.2, 0) is 19.4 Å². The van der Waals surface area contributed by atoms with E-state index in [2.05, 4.69) is 5.32 Å². The van der Waals surface area contributed by atoms with Crippen LogP contribution in [0.2, 0.25) is 0 Å². The molecule has 0 aliphatic rings. The number of benzene rings is 1. The monoisotopic (exact) mass is 315 g/mol. The Balaban J connectivity index is 2.90. The molecule has 0 aliphatic carbocycles. The summed E-state index contributed by atoms with van der Waals surface area (Å²) in [6, 6.07) is 3.60. The smallest absolute Gasteiger partial charge is 0.328 e. The number of rotatable bonds is 5. The Bertz CT molecular complexity index is 697. The number of sulfone groups is 1. The van der Waals surface area contributed by atoms with Crippen molar-refractivity contribution >= 4 is 33.5 Å². The molecule has 114 valence electrons. The molecule has 0 spiro atoms. The number of anilines is 1. The highest BCUT2D eigenvalue weighted by Gasteiger charge is 2.23. The van der Waals surface area contributed by atoms with Crippen LogP contribution in [0.25, 0.3) is 6.08 Å². The summed E-state index contributed by atoms with van der Waals surface area (Å²) >= 11 is 0. The maximum absolute atomic E-state index is 13.7. The van der Waals surface area contributed by atoms with E-state index in [1.54, 1.807) is 0 Å². The lowest BCUT2D eigenvalue weighted by atomic mass is 10.1. The number of aliphatic carboxylic acids is 1. The predicted molar refractivity (Wildman–Crippen MR) is 76.0 cm³/mol. The van der Waals surface area contributed by atoms with Crippen molar-refractivity contribution in [3.8, 4) is 0 Å². The summed E-state index contributed by atoms with van der Waals surface area (Å²) in [5, 5.41) is 9.48. The van der Waals surface area contributed by atoms with Crippen molar-refractivity contribution in [2.45, 2.75) is 12.2 Å². The second kappa shape index (κ2) is 6.49. The number of carbonyl (C=O) groups is 2. The van der Waals surface area contributed by atoms with Crippen LogP contribution in [0.3, 0.4) is 0 Å². The van der Waals surface area contributed by atoms with Gasteiger partial charge in [-0.15, -0.1) is 0 Å². The van der Waals surface area contributed by atoms with Gasteiger partial charge in [-0.2, -0.15) is 0 Å². The molecule has 1 unspecified atom stereocenters. The average Bonchev–Trinajstić information content (AvgIpc) is 2.35. The lowest BCUT2D eigenvalue weighted by Crippen LogP contribution is -2.31. The molecule has 0 radical (unpaired) electrons. The van der Waals surface area contributed by atoms with Crippen molar-refractivity contribution in [3.05, 3.63) is 35.7 Å². The third-order valence-corrected chi connectivity index (χ3v) is 4.18. The molecular formula is C13H14FNO5S. The predicted octanol–water partition coefficient (Wildman–Crippen LogP) is 1.30. The third kappa shape index (κ3) is 4.99. The van der Waals surface area contributed by atoms with E-state index in [0.717, 1.165) is 24.5 Å². The van der Waals surface area contributed by atoms with Crippen LogP contribution in [0.5, 0.6) is 0 Å². The lowest BCUT2D eigenvalue weighted by molar-refractivity contribution is -0.131. The summed E-state index contributed by atoms with van der Waals surface area (Å²) in [4.78, 5) is 22.0. The normalized spacial score (nSPS) is 13.1. The van der Waals surface area contributed by atoms with Gasteiger partial charge in [-0.25, -0.2) is 17.6 Å². The van der Waals surface area contributed by atoms with Crippen molar-refractivity contribution < 1.29 is 27.5 Å². The van der Waals surface area contributed by atoms with E-state index in [-0.39, 0.29) is 11.3 Å². The number of halogens is 1. The van der Waals surface area contributed by atoms with Crippen molar-refractivity contribution in [2.75, 3.05) is 11.6 Å². The van der Waals surface area contributed by atoms with Crippen molar-refractivity contribution in [1.82, 2.24) is 0 Å². The molecule has 0 saturated carbocycles. The van der Waals surface area contributed by atoms with Gasteiger partial charge in [0.2, 0.25) is 5.91 Å². The maximum Gasteiger partial charge on any atom is 0.328 e. The summed E-state index contributed by atoms with van der Waals surface area (Å²) in [5.74, 6) is -2.73. The molecule has 1 rings (SSSR count). The fourth-order valence-electron chi connectivity index (χ4n) is 1.34. The fourth-order valence-corrected chi connectivity index (χ4v) is 1.79. The quantitative estimate of drug-likeness (QED) is 0.798. The van der Waals surface area contributed by atoms with Crippen molar-refractivity contribution in [3.63, 3.8) is 0 Å². The molecule has 1 aromatic rings. The van der Waals surface area contributed by atoms with Crippen LogP contribution in [-0.4, -0.2) is 36.9 Å². The molecular weight excluding hydrogens is 301 g/mol. The number of nitrogens with one attached hydrogen (secondary N) is 1. The number of carboxylic acids is 1. The van der Waals surface area contributed by atoms with E-state index in [4.69, 9.17) is 5.11 Å². The number of carbonyl (C=O) groups excluding carboxylic acids is 1. The first kappa shape index (κ1) is 16.8. The van der Waals surface area contributed by atoms with E-state index >= 15 is 0 Å². The van der Waals surface area contributed by atoms with E-state index in [1.165, 1.54) is 19.1 Å². The zero-order chi connectivity index (χ0) is 16.2. The molecule has 0 saturated heterocycles. The topological polar surface area (TPSA) is 101 Å². The van der Waals surface area contributed by atoms with Crippen molar-refractivity contribution in [2.24, 2.45) is 0 Å². The minimum Gasteiger partial charge on any atom is -0.478 e. The number of hydrogen-bond donors (Lipinski definition) is 2. The number of amides is 1. The standard InChI is InChI=1S/C13H14FNO5S/c1-8(21(2,19)20)13(18)15-10-5-3-9(11(14)7-10)4-6-12(16)17/h3-8H,1-2H3,(H,15,18)(H,16,17)/b6-4+. The highest BCUT2D eigenvalue weighted by Crippen LogP contribution is 2.16. The largest absolute Gasteiger partial charge is 0.478 e. The fraction of sp³-hybridized carbons (Fsp3) is 0.231. The first-order valence-electron chi connectivity index (χ1n) is 5.81. The van der Waals surface area contributed by atoms with Gasteiger partial charge < -0.3 is 10.4 Å². The average molecular weight is 315 g/mol. The zero-order valence-corrected chi connectivity index (χ0v) is 12.1. The molecule has 21 heavy (non-hydrogen) atoms. The summed E-state index contributed by atoms with van der Waals surface area (Å²) in [7, 11) is -3.54. The molecule has 0 aromatic heterocycles. The SMILES string of the molecule is CC(C(=O)Nc1ccc(/C=C/C(=O)O)c(F)c1)S(C)(=O)=O. The highest BCUT2D eigenvalue weighted by molar-refractivity contribution is 7.92. The van der Waals surface area contributed by atoms with Gasteiger partial charge in [0.1, 0.15) is 11.1 Å². The lowest BCUT2D eigenvalue weighted by Gasteiger charge is -2.11. The second-order valence-electron chi connectivity index (χ2n) is 4.37. The van der Waals surface area contributed by atoms with Gasteiger partial charge >= 0.3 is 5.97 Å².